The lowest BCUT2D eigenvalue weighted by atomic mass is 10.0. The number of ether oxygens (including phenoxy) is 2. The van der Waals surface area contributed by atoms with Crippen molar-refractivity contribution >= 4 is 11.7 Å². The van der Waals surface area contributed by atoms with E-state index in [2.05, 4.69) is 0 Å². The van der Waals surface area contributed by atoms with Crippen molar-refractivity contribution in [3.8, 4) is 0 Å². The molecule has 26 heavy (non-hydrogen) atoms. The number of ketones is 1. The summed E-state index contributed by atoms with van der Waals surface area (Å²) in [6, 6.07) is 0.108. The van der Waals surface area contributed by atoms with Gasteiger partial charge in [0.15, 0.2) is 0 Å². The van der Waals surface area contributed by atoms with Gasteiger partial charge in [-0.3, -0.25) is 9.59 Å². The summed E-state index contributed by atoms with van der Waals surface area (Å²) in [5.41, 5.74) is 0. The summed E-state index contributed by atoms with van der Waals surface area (Å²) in [5, 5.41) is 0. The van der Waals surface area contributed by atoms with Crippen molar-refractivity contribution in [1.82, 2.24) is 4.90 Å². The molecule has 0 bridgehead atoms. The first-order chi connectivity index (χ1) is 12.2. The Bertz CT molecular complexity index is 434. The number of amides is 1. The van der Waals surface area contributed by atoms with Gasteiger partial charge >= 0.3 is 0 Å². The molecule has 5 nitrogen and oxygen atoms in total. The fraction of sp³-hybridized carbons (Fsp3) is 0.905. The molecular formula is C21H39NO4. The van der Waals surface area contributed by atoms with Gasteiger partial charge in [0.1, 0.15) is 5.78 Å². The molecule has 0 aromatic rings. The molecule has 0 aromatic heterocycles. The minimum atomic E-state index is 0.100. The topological polar surface area (TPSA) is 55.8 Å². The van der Waals surface area contributed by atoms with Crippen LogP contribution in [0, 0.1) is 5.92 Å². The van der Waals surface area contributed by atoms with Crippen LogP contribution in [0.4, 0.5) is 0 Å². The van der Waals surface area contributed by atoms with E-state index in [9.17, 15) is 9.59 Å². The Balaban J connectivity index is 2.42. The molecular weight excluding hydrogens is 330 g/mol. The number of carbonyl (C=O) groups excluding carboxylic acids is 2. The third-order valence-electron chi connectivity index (χ3n) is 4.74. The first kappa shape index (κ1) is 23.1. The highest BCUT2D eigenvalue weighted by atomic mass is 16.5. The lowest BCUT2D eigenvalue weighted by Crippen LogP contribution is -2.39. The largest absolute Gasteiger partial charge is 0.377 e. The van der Waals surface area contributed by atoms with Gasteiger partial charge in [-0.25, -0.2) is 0 Å². The maximum absolute atomic E-state index is 12.7. The minimum absolute atomic E-state index is 0.100. The third-order valence-corrected chi connectivity index (χ3v) is 4.74. The van der Waals surface area contributed by atoms with E-state index in [0.717, 1.165) is 25.7 Å². The first-order valence-electron chi connectivity index (χ1n) is 10.3. The van der Waals surface area contributed by atoms with Crippen LogP contribution >= 0.6 is 0 Å². The van der Waals surface area contributed by atoms with Crippen LogP contribution in [0.3, 0.4) is 0 Å². The summed E-state index contributed by atoms with van der Waals surface area (Å²) in [7, 11) is 0. The van der Waals surface area contributed by atoms with Crippen LogP contribution in [-0.2, 0) is 19.1 Å². The Kier molecular flexibility index (Phi) is 10.4. The summed E-state index contributed by atoms with van der Waals surface area (Å²) < 4.78 is 11.7. The molecule has 0 unspecified atom stereocenters. The van der Waals surface area contributed by atoms with Crippen molar-refractivity contribution in [2.75, 3.05) is 13.2 Å². The highest BCUT2D eigenvalue weighted by molar-refractivity contribution is 5.80. The van der Waals surface area contributed by atoms with Gasteiger partial charge in [-0.2, -0.15) is 0 Å². The average molecular weight is 370 g/mol. The van der Waals surface area contributed by atoms with E-state index >= 15 is 0 Å². The molecule has 5 heteroatoms. The van der Waals surface area contributed by atoms with Crippen molar-refractivity contribution in [3.63, 3.8) is 0 Å². The van der Waals surface area contributed by atoms with E-state index < -0.39 is 0 Å². The van der Waals surface area contributed by atoms with Gasteiger partial charge in [-0.15, -0.1) is 0 Å². The molecule has 1 aliphatic heterocycles. The minimum Gasteiger partial charge on any atom is -0.377 e. The summed E-state index contributed by atoms with van der Waals surface area (Å²) in [6.07, 6.45) is 5.10. The second-order valence-corrected chi connectivity index (χ2v) is 8.31. The average Bonchev–Trinajstić information content (AvgIpc) is 2.94. The molecule has 1 heterocycles. The zero-order valence-electron chi connectivity index (χ0n) is 17.6. The Labute approximate surface area is 159 Å². The molecule has 0 radical (unpaired) electrons. The monoisotopic (exact) mass is 369 g/mol. The Hall–Kier alpha value is -0.940. The van der Waals surface area contributed by atoms with Crippen LogP contribution in [0.1, 0.15) is 80.1 Å². The van der Waals surface area contributed by atoms with Crippen LogP contribution in [0.5, 0.6) is 0 Å². The van der Waals surface area contributed by atoms with Gasteiger partial charge in [0, 0.05) is 25.3 Å². The molecule has 0 spiro atoms. The fourth-order valence-corrected chi connectivity index (χ4v) is 3.31. The van der Waals surface area contributed by atoms with Gasteiger partial charge < -0.3 is 14.4 Å². The summed E-state index contributed by atoms with van der Waals surface area (Å²) >= 11 is 0. The number of likely N-dealkylation sites (tertiary alicyclic amines) is 1. The molecule has 0 saturated carbocycles. The number of Topliss-reactive ketones (excluding diaryl/α,β-unsaturated/α-hetero) is 1. The fourth-order valence-electron chi connectivity index (χ4n) is 3.31. The maximum atomic E-state index is 12.7. The van der Waals surface area contributed by atoms with Crippen molar-refractivity contribution in [2.24, 2.45) is 5.92 Å². The molecule has 0 aliphatic carbocycles. The maximum Gasteiger partial charge on any atom is 0.222 e. The highest BCUT2D eigenvalue weighted by Gasteiger charge is 2.36. The Morgan fingerprint density at radius 2 is 1.62 bits per heavy atom. The molecule has 1 aliphatic rings. The van der Waals surface area contributed by atoms with Gasteiger partial charge in [0.25, 0.3) is 0 Å². The van der Waals surface area contributed by atoms with Crippen molar-refractivity contribution < 1.29 is 19.1 Å². The van der Waals surface area contributed by atoms with E-state index in [4.69, 9.17) is 9.47 Å². The standard InChI is InChI=1S/C21H39NO4/c1-15(2)20(23)10-8-7-9-11-21(24)22-13-19(26-17(5)6)12-18(22)14-25-16(3)4/h15-19H,7-14H2,1-6H3/t18-,19+/m0/s1. The molecule has 1 rings (SSSR count). The number of rotatable bonds is 12. The van der Waals surface area contributed by atoms with Crippen LogP contribution < -0.4 is 0 Å². The van der Waals surface area contributed by atoms with Gasteiger partial charge in [-0.05, 0) is 47.0 Å². The molecule has 0 N–H and O–H groups in total. The molecule has 1 saturated heterocycles. The van der Waals surface area contributed by atoms with Crippen LogP contribution in [0.2, 0.25) is 0 Å². The quantitative estimate of drug-likeness (QED) is 0.488. The van der Waals surface area contributed by atoms with E-state index in [1.54, 1.807) is 0 Å². The van der Waals surface area contributed by atoms with Gasteiger partial charge in [0.2, 0.25) is 5.91 Å². The zero-order chi connectivity index (χ0) is 19.7. The zero-order valence-corrected chi connectivity index (χ0v) is 17.6. The molecule has 152 valence electrons. The highest BCUT2D eigenvalue weighted by Crippen LogP contribution is 2.24. The predicted molar refractivity (Wildman–Crippen MR) is 104 cm³/mol. The SMILES string of the molecule is CC(C)OC[C@@H]1C[C@@H](OC(C)C)CN1C(=O)CCCCCC(=O)C(C)C. The van der Waals surface area contributed by atoms with Crippen LogP contribution in [-0.4, -0.2) is 54.1 Å². The van der Waals surface area contributed by atoms with E-state index in [0.29, 0.717) is 31.8 Å². The van der Waals surface area contributed by atoms with Crippen molar-refractivity contribution in [3.05, 3.63) is 0 Å². The summed E-state index contributed by atoms with van der Waals surface area (Å²) in [4.78, 5) is 26.3. The lowest BCUT2D eigenvalue weighted by Gasteiger charge is -2.25. The van der Waals surface area contributed by atoms with Crippen molar-refractivity contribution in [2.45, 2.75) is 104 Å². The number of hydrogen-bond acceptors (Lipinski definition) is 4. The summed E-state index contributed by atoms with van der Waals surface area (Å²) in [6.45, 7) is 13.2. The lowest BCUT2D eigenvalue weighted by molar-refractivity contribution is -0.134. The molecule has 1 fully saturated rings. The normalized spacial score (nSPS) is 20.6. The van der Waals surface area contributed by atoms with Gasteiger partial charge in [0.05, 0.1) is 31.0 Å². The van der Waals surface area contributed by atoms with Crippen LogP contribution in [0.15, 0.2) is 0 Å². The van der Waals surface area contributed by atoms with E-state index in [1.807, 2.05) is 46.4 Å². The summed E-state index contributed by atoms with van der Waals surface area (Å²) in [5.74, 6) is 0.615. The second-order valence-electron chi connectivity index (χ2n) is 8.31. The predicted octanol–water partition coefficient (Wildman–Crippen LogP) is 3.98. The van der Waals surface area contributed by atoms with Crippen LogP contribution in [0.25, 0.3) is 0 Å². The van der Waals surface area contributed by atoms with E-state index in [1.165, 1.54) is 0 Å². The molecule has 1 amide bonds. The second kappa shape index (κ2) is 11.7. The first-order valence-corrected chi connectivity index (χ1v) is 10.3. The van der Waals surface area contributed by atoms with Crippen molar-refractivity contribution in [1.29, 1.82) is 0 Å². The number of nitrogens with zero attached hydrogens (tertiary/aromatic N) is 1. The Morgan fingerprint density at radius 1 is 0.962 bits per heavy atom. The molecule has 0 aromatic carbocycles. The molecule has 2 atom stereocenters. The third kappa shape index (κ3) is 8.63. The van der Waals surface area contributed by atoms with Gasteiger partial charge in [-0.1, -0.05) is 20.3 Å². The number of unbranched alkanes of at least 4 members (excludes halogenated alkanes) is 2. The van der Waals surface area contributed by atoms with E-state index in [-0.39, 0.29) is 36.2 Å². The number of hydrogen-bond donors (Lipinski definition) is 0. The smallest absolute Gasteiger partial charge is 0.222 e. The number of carbonyl (C=O) groups is 2. The Morgan fingerprint density at radius 3 is 2.19 bits per heavy atom.